The Kier molecular flexibility index (Phi) is 11.1. The van der Waals surface area contributed by atoms with E-state index >= 15 is 0 Å². The number of fused-ring (bicyclic) bond motifs is 4. The number of hydrogen-bond acceptors (Lipinski definition) is 5. The summed E-state index contributed by atoms with van der Waals surface area (Å²) in [5, 5.41) is 3.10. The van der Waals surface area contributed by atoms with Crippen LogP contribution in [0.25, 0.3) is 40.3 Å². The SMILES string of the molecule is Cc1cccc([S+](c2ccc3sc4ccccc4c(=O)c3c2)c2ccc(Sc3ccc4sc5ccccc5c(=O)c4c3)cc2C)c1.[F-].[F][Sb]([F])([F])([F])[F]. The zero-order valence-corrected chi connectivity index (χ0v) is 33.6. The summed E-state index contributed by atoms with van der Waals surface area (Å²) in [6, 6.07) is 43.7. The van der Waals surface area contributed by atoms with Gasteiger partial charge in [0.25, 0.3) is 0 Å². The van der Waals surface area contributed by atoms with E-state index in [0.29, 0.717) is 0 Å². The molecule has 1 atom stereocenters. The van der Waals surface area contributed by atoms with Gasteiger partial charge in [-0.2, -0.15) is 0 Å². The molecule has 0 spiro atoms. The predicted molar refractivity (Wildman–Crippen MR) is 211 cm³/mol. The summed E-state index contributed by atoms with van der Waals surface area (Å²) in [6.07, 6.45) is 0. The van der Waals surface area contributed by atoms with Gasteiger partial charge in [0.05, 0.1) is 10.9 Å². The van der Waals surface area contributed by atoms with Crippen LogP contribution in [0, 0.1) is 13.8 Å². The van der Waals surface area contributed by atoms with Crippen LogP contribution < -0.4 is 15.6 Å². The molecule has 0 amide bonds. The first-order chi connectivity index (χ1) is 24.7. The van der Waals surface area contributed by atoms with Crippen LogP contribution in [0.4, 0.5) is 14.1 Å². The van der Waals surface area contributed by atoms with Crippen LogP contribution in [-0.2, 0) is 10.9 Å². The molecule has 270 valence electrons. The molecule has 0 saturated carbocycles. The third kappa shape index (κ3) is 8.95. The average molecular weight is 904 g/mol. The van der Waals surface area contributed by atoms with Crippen molar-refractivity contribution >= 4 is 106 Å². The first kappa shape index (κ1) is 38.9. The molecule has 6 aromatic carbocycles. The second-order valence-electron chi connectivity index (χ2n) is 12.0. The van der Waals surface area contributed by atoms with E-state index in [4.69, 9.17) is 0 Å². The van der Waals surface area contributed by atoms with E-state index in [1.54, 1.807) is 34.4 Å². The minimum atomic E-state index is -9.19. The van der Waals surface area contributed by atoms with Crippen LogP contribution in [0.3, 0.4) is 0 Å². The molecule has 0 saturated heterocycles. The Bertz CT molecular complexity index is 2780. The Balaban J connectivity index is 0.000000636. The van der Waals surface area contributed by atoms with Crippen molar-refractivity contribution in [1.29, 1.82) is 0 Å². The van der Waals surface area contributed by atoms with E-state index in [9.17, 15) is 23.7 Å². The summed E-state index contributed by atoms with van der Waals surface area (Å²) in [5.41, 5.74) is 2.58. The molecule has 8 rings (SSSR count). The molecule has 0 aliphatic rings. The molecule has 0 fully saturated rings. The van der Waals surface area contributed by atoms with Crippen molar-refractivity contribution in [2.75, 3.05) is 0 Å². The average Bonchev–Trinajstić information content (AvgIpc) is 3.09. The first-order valence-corrected chi connectivity index (χ1v) is 24.3. The van der Waals surface area contributed by atoms with Gasteiger partial charge in [0, 0.05) is 61.8 Å². The molecular formula is C40H27F6O2S4Sb. The van der Waals surface area contributed by atoms with Gasteiger partial charge in [-0.05, 0) is 104 Å². The van der Waals surface area contributed by atoms with E-state index in [2.05, 4.69) is 86.6 Å². The first-order valence-electron chi connectivity index (χ1n) is 15.8. The molecule has 2 nitrogen and oxygen atoms in total. The summed E-state index contributed by atoms with van der Waals surface area (Å²) >= 11 is -4.18. The van der Waals surface area contributed by atoms with Gasteiger partial charge in [-0.25, -0.2) is 0 Å². The summed E-state index contributed by atoms with van der Waals surface area (Å²) in [6.45, 7) is 4.30. The Hall–Kier alpha value is -3.80. The van der Waals surface area contributed by atoms with Gasteiger partial charge in [0.2, 0.25) is 0 Å². The van der Waals surface area contributed by atoms with Crippen LogP contribution >= 0.6 is 34.4 Å². The van der Waals surface area contributed by atoms with Crippen molar-refractivity contribution in [3.63, 3.8) is 0 Å². The Labute approximate surface area is 319 Å². The third-order valence-electron chi connectivity index (χ3n) is 8.16. The van der Waals surface area contributed by atoms with Crippen molar-refractivity contribution in [2.24, 2.45) is 0 Å². The van der Waals surface area contributed by atoms with Crippen LogP contribution in [0.5, 0.6) is 0 Å². The fraction of sp³-hybridized carbons (Fsp3) is 0.0500. The van der Waals surface area contributed by atoms with Crippen molar-refractivity contribution in [3.8, 4) is 0 Å². The fourth-order valence-corrected chi connectivity index (χ4v) is 11.3. The van der Waals surface area contributed by atoms with E-state index in [1.165, 1.54) is 20.9 Å². The Morgan fingerprint density at radius 3 is 1.60 bits per heavy atom. The molecule has 8 aromatic rings. The standard InChI is InChI=1S/C40H27O2S4.6FH.Sb/c1-24-8-7-9-28(20-24)46(29-16-18-37-33(23-29)40(42)31-11-4-6-13-35(31)45-37)38-19-15-26(21-25(38)2)43-27-14-17-36-32(22-27)39(41)30-10-3-5-12-34(30)44-36;;;;;;;/h3-23H,1-2H3;6*1H;/q+1;;;;;;;+5/p-6. The third-order valence-corrected chi connectivity index (χ3v) is 13.8. The Morgan fingerprint density at radius 1 is 0.528 bits per heavy atom. The normalized spacial score (nSPS) is 12.8. The minimum absolute atomic E-state index is 0. The summed E-state index contributed by atoms with van der Waals surface area (Å²) in [5.74, 6) is 0. The number of halogens is 6. The van der Waals surface area contributed by atoms with Gasteiger partial charge >= 0.3 is 34.4 Å². The second-order valence-corrected chi connectivity index (χ2v) is 20.9. The maximum atomic E-state index is 13.6. The molecule has 13 heteroatoms. The van der Waals surface area contributed by atoms with Gasteiger partial charge in [0.15, 0.2) is 25.5 Å². The van der Waals surface area contributed by atoms with E-state index in [0.717, 1.165) is 55.0 Å². The van der Waals surface area contributed by atoms with Crippen molar-refractivity contribution in [1.82, 2.24) is 0 Å². The molecule has 2 aromatic heterocycles. The second kappa shape index (κ2) is 15.1. The van der Waals surface area contributed by atoms with Crippen LogP contribution in [-0.4, -0.2) is 20.3 Å². The summed E-state index contributed by atoms with van der Waals surface area (Å²) in [4.78, 5) is 32.7. The Morgan fingerprint density at radius 2 is 1.02 bits per heavy atom. The predicted octanol–water partition coefficient (Wildman–Crippen LogP) is 9.73. The number of rotatable bonds is 5. The molecule has 53 heavy (non-hydrogen) atoms. The van der Waals surface area contributed by atoms with Gasteiger partial charge in [-0.1, -0.05) is 48.2 Å². The molecule has 2 heterocycles. The summed E-state index contributed by atoms with van der Waals surface area (Å²) < 4.78 is 53.6. The van der Waals surface area contributed by atoms with Gasteiger partial charge in [-0.3, -0.25) is 9.59 Å². The van der Waals surface area contributed by atoms with Gasteiger partial charge in [-0.15, -0.1) is 22.7 Å². The zero-order chi connectivity index (χ0) is 36.8. The molecule has 0 radical (unpaired) electrons. The molecular weight excluding hydrogens is 876 g/mol. The van der Waals surface area contributed by atoms with Crippen molar-refractivity contribution < 1.29 is 18.8 Å². The van der Waals surface area contributed by atoms with Gasteiger partial charge in [0.1, 0.15) is 0 Å². The van der Waals surface area contributed by atoms with Crippen LogP contribution in [0.1, 0.15) is 11.1 Å². The summed E-state index contributed by atoms with van der Waals surface area (Å²) in [7, 11) is -0.408. The van der Waals surface area contributed by atoms with Gasteiger partial charge < -0.3 is 4.70 Å². The van der Waals surface area contributed by atoms with Crippen LogP contribution in [0.15, 0.2) is 161 Å². The molecule has 0 aliphatic heterocycles. The van der Waals surface area contributed by atoms with Crippen molar-refractivity contribution in [2.45, 2.75) is 38.3 Å². The van der Waals surface area contributed by atoms with E-state index < -0.39 is 31.2 Å². The molecule has 0 N–H and O–H groups in total. The van der Waals surface area contributed by atoms with E-state index in [-0.39, 0.29) is 15.6 Å². The molecule has 0 aliphatic carbocycles. The van der Waals surface area contributed by atoms with E-state index in [1.807, 2.05) is 54.6 Å². The topological polar surface area (TPSA) is 34.1 Å². The monoisotopic (exact) mass is 902 g/mol. The number of hydrogen-bond donors (Lipinski definition) is 0. The molecule has 1 unspecified atom stereocenters. The van der Waals surface area contributed by atoms with Crippen LogP contribution in [0.2, 0.25) is 0 Å². The quantitative estimate of drug-likeness (QED) is 0.0748. The van der Waals surface area contributed by atoms with Crippen molar-refractivity contribution in [3.05, 3.63) is 159 Å². The number of aryl methyl sites for hydroxylation is 2. The maximum absolute atomic E-state index is 13.6. The zero-order valence-electron chi connectivity index (χ0n) is 27.8. The number of benzene rings is 6. The fourth-order valence-electron chi connectivity index (χ4n) is 5.94. The molecule has 0 bridgehead atoms.